The van der Waals surface area contributed by atoms with E-state index >= 15 is 0 Å². The summed E-state index contributed by atoms with van der Waals surface area (Å²) in [5.74, 6) is 0.103. The van der Waals surface area contributed by atoms with Crippen LogP contribution in [0.5, 0.6) is 5.75 Å². The Bertz CT molecular complexity index is 338. The van der Waals surface area contributed by atoms with Crippen molar-refractivity contribution in [1.82, 2.24) is 5.32 Å². The summed E-state index contributed by atoms with van der Waals surface area (Å²) in [5.41, 5.74) is -0.181. The molecular weight excluding hydrogens is 242 g/mol. The van der Waals surface area contributed by atoms with Crippen LogP contribution in [0.2, 0.25) is 5.02 Å². The summed E-state index contributed by atoms with van der Waals surface area (Å²) in [7, 11) is 0. The van der Waals surface area contributed by atoms with Crippen molar-refractivity contribution in [2.45, 2.75) is 25.4 Å². The third-order valence-electron chi connectivity index (χ3n) is 3.02. The van der Waals surface area contributed by atoms with Gasteiger partial charge in [-0.3, -0.25) is 0 Å². The van der Waals surface area contributed by atoms with Crippen LogP contribution in [0.15, 0.2) is 18.2 Å². The maximum absolute atomic E-state index is 9.66. The molecule has 0 spiro atoms. The Labute approximate surface area is 106 Å². The van der Waals surface area contributed by atoms with E-state index in [0.29, 0.717) is 23.6 Å². The van der Waals surface area contributed by atoms with Gasteiger partial charge in [0.2, 0.25) is 0 Å². The first-order valence-electron chi connectivity index (χ1n) is 5.51. The second kappa shape index (κ2) is 6.21. The van der Waals surface area contributed by atoms with Gasteiger partial charge in [-0.05, 0) is 18.6 Å². The molecule has 1 rings (SSSR count). The van der Waals surface area contributed by atoms with Crippen molar-refractivity contribution in [3.8, 4) is 5.75 Å². The Morgan fingerprint density at radius 3 is 2.41 bits per heavy atom. The van der Waals surface area contributed by atoms with Crippen molar-refractivity contribution < 1.29 is 15.3 Å². The van der Waals surface area contributed by atoms with Crippen LogP contribution in [-0.2, 0) is 6.54 Å². The highest BCUT2D eigenvalue weighted by molar-refractivity contribution is 6.31. The molecule has 0 aliphatic rings. The zero-order valence-electron chi connectivity index (χ0n) is 9.78. The van der Waals surface area contributed by atoms with E-state index in [1.165, 1.54) is 0 Å². The standard InChI is InChI=1S/C12H18ClNO3/c1-2-12(7-15,8-16)14-6-9-10(13)4-3-5-11(9)17/h3-5,14-17H,2,6-8H2,1H3. The maximum atomic E-state index is 9.66. The van der Waals surface area contributed by atoms with E-state index in [1.54, 1.807) is 18.2 Å². The molecule has 0 bridgehead atoms. The van der Waals surface area contributed by atoms with Gasteiger partial charge in [-0.15, -0.1) is 0 Å². The van der Waals surface area contributed by atoms with Crippen LogP contribution < -0.4 is 5.32 Å². The SMILES string of the molecule is CCC(CO)(CO)NCc1c(O)cccc1Cl. The minimum absolute atomic E-state index is 0.103. The molecule has 0 aliphatic carbocycles. The smallest absolute Gasteiger partial charge is 0.121 e. The van der Waals surface area contributed by atoms with Gasteiger partial charge < -0.3 is 20.6 Å². The van der Waals surface area contributed by atoms with E-state index in [2.05, 4.69) is 5.32 Å². The van der Waals surface area contributed by atoms with Crippen LogP contribution in [-0.4, -0.2) is 34.1 Å². The Hall–Kier alpha value is -0.810. The molecule has 0 atom stereocenters. The molecule has 0 saturated heterocycles. The van der Waals surface area contributed by atoms with Crippen molar-refractivity contribution in [2.24, 2.45) is 0 Å². The quantitative estimate of drug-likeness (QED) is 0.621. The summed E-state index contributed by atoms with van der Waals surface area (Å²) in [6.07, 6.45) is 0.575. The molecule has 0 amide bonds. The lowest BCUT2D eigenvalue weighted by atomic mass is 9.98. The van der Waals surface area contributed by atoms with E-state index in [4.69, 9.17) is 11.6 Å². The average molecular weight is 260 g/mol. The Kier molecular flexibility index (Phi) is 5.21. The number of halogens is 1. The molecular formula is C12H18ClNO3. The average Bonchev–Trinajstić information content (AvgIpc) is 2.34. The topological polar surface area (TPSA) is 72.7 Å². The van der Waals surface area contributed by atoms with E-state index in [0.717, 1.165) is 0 Å². The third kappa shape index (κ3) is 3.33. The number of aliphatic hydroxyl groups excluding tert-OH is 2. The van der Waals surface area contributed by atoms with Crippen LogP contribution in [0.1, 0.15) is 18.9 Å². The van der Waals surface area contributed by atoms with E-state index < -0.39 is 5.54 Å². The fourth-order valence-corrected chi connectivity index (χ4v) is 1.74. The van der Waals surface area contributed by atoms with Gasteiger partial charge >= 0.3 is 0 Å². The summed E-state index contributed by atoms with van der Waals surface area (Å²) >= 11 is 5.96. The molecule has 4 N–H and O–H groups in total. The lowest BCUT2D eigenvalue weighted by molar-refractivity contribution is 0.0862. The van der Waals surface area contributed by atoms with Gasteiger partial charge in [0.15, 0.2) is 0 Å². The predicted octanol–water partition coefficient (Wildman–Crippen LogP) is 1.27. The van der Waals surface area contributed by atoms with Crippen LogP contribution >= 0.6 is 11.6 Å². The number of phenolic OH excluding ortho intramolecular Hbond substituents is 1. The van der Waals surface area contributed by atoms with Gasteiger partial charge in [0.1, 0.15) is 5.75 Å². The van der Waals surface area contributed by atoms with Crippen molar-refractivity contribution in [1.29, 1.82) is 0 Å². The summed E-state index contributed by atoms with van der Waals surface area (Å²) in [4.78, 5) is 0. The minimum Gasteiger partial charge on any atom is -0.508 e. The molecule has 0 unspecified atom stereocenters. The summed E-state index contributed by atoms with van der Waals surface area (Å²) in [6.45, 7) is 1.81. The first-order valence-corrected chi connectivity index (χ1v) is 5.89. The fraction of sp³-hybridized carbons (Fsp3) is 0.500. The normalized spacial score (nSPS) is 11.8. The first-order chi connectivity index (χ1) is 8.08. The third-order valence-corrected chi connectivity index (χ3v) is 3.37. The van der Waals surface area contributed by atoms with Crippen molar-refractivity contribution in [3.05, 3.63) is 28.8 Å². The first kappa shape index (κ1) is 14.3. The summed E-state index contributed by atoms with van der Waals surface area (Å²) in [6, 6.07) is 4.89. The monoisotopic (exact) mass is 259 g/mol. The fourth-order valence-electron chi connectivity index (χ4n) is 1.51. The molecule has 0 radical (unpaired) electrons. The molecule has 0 fully saturated rings. The molecule has 17 heavy (non-hydrogen) atoms. The molecule has 0 heterocycles. The Morgan fingerprint density at radius 1 is 1.29 bits per heavy atom. The van der Waals surface area contributed by atoms with Gasteiger partial charge in [0, 0.05) is 17.1 Å². The molecule has 0 saturated carbocycles. The number of hydrogen-bond donors (Lipinski definition) is 4. The molecule has 1 aromatic carbocycles. The van der Waals surface area contributed by atoms with Crippen LogP contribution in [0, 0.1) is 0 Å². The number of nitrogens with one attached hydrogen (secondary N) is 1. The Morgan fingerprint density at radius 2 is 1.94 bits per heavy atom. The molecule has 0 aliphatic heterocycles. The van der Waals surface area contributed by atoms with Crippen LogP contribution in [0.4, 0.5) is 0 Å². The van der Waals surface area contributed by atoms with Crippen molar-refractivity contribution in [3.63, 3.8) is 0 Å². The van der Waals surface area contributed by atoms with Crippen LogP contribution in [0.25, 0.3) is 0 Å². The Balaban J connectivity index is 2.79. The number of hydrogen-bond acceptors (Lipinski definition) is 4. The molecule has 5 heteroatoms. The number of benzene rings is 1. The van der Waals surface area contributed by atoms with E-state index in [9.17, 15) is 15.3 Å². The molecule has 96 valence electrons. The highest BCUT2D eigenvalue weighted by Gasteiger charge is 2.26. The highest BCUT2D eigenvalue weighted by Crippen LogP contribution is 2.25. The predicted molar refractivity (Wildman–Crippen MR) is 67.2 cm³/mol. The lowest BCUT2D eigenvalue weighted by Gasteiger charge is -2.30. The van der Waals surface area contributed by atoms with Gasteiger partial charge in [-0.1, -0.05) is 24.6 Å². The second-order valence-corrected chi connectivity index (χ2v) is 4.45. The van der Waals surface area contributed by atoms with E-state index in [1.807, 2.05) is 6.92 Å². The number of aromatic hydroxyl groups is 1. The summed E-state index contributed by atoms with van der Waals surface area (Å²) in [5, 5.41) is 31.7. The zero-order valence-corrected chi connectivity index (χ0v) is 10.5. The highest BCUT2D eigenvalue weighted by atomic mass is 35.5. The van der Waals surface area contributed by atoms with Gasteiger partial charge in [0.25, 0.3) is 0 Å². The number of aliphatic hydroxyl groups is 2. The molecule has 1 aromatic rings. The van der Waals surface area contributed by atoms with Gasteiger partial charge in [-0.25, -0.2) is 0 Å². The van der Waals surface area contributed by atoms with Crippen LogP contribution in [0.3, 0.4) is 0 Å². The molecule has 4 nitrogen and oxygen atoms in total. The van der Waals surface area contributed by atoms with Crippen molar-refractivity contribution >= 4 is 11.6 Å². The number of phenols is 1. The lowest BCUT2D eigenvalue weighted by Crippen LogP contribution is -2.50. The van der Waals surface area contributed by atoms with E-state index in [-0.39, 0.29) is 19.0 Å². The minimum atomic E-state index is -0.744. The zero-order chi connectivity index (χ0) is 12.9. The maximum Gasteiger partial charge on any atom is 0.121 e. The second-order valence-electron chi connectivity index (χ2n) is 4.04. The molecule has 0 aromatic heterocycles. The summed E-state index contributed by atoms with van der Waals surface area (Å²) < 4.78 is 0. The van der Waals surface area contributed by atoms with Gasteiger partial charge in [0.05, 0.1) is 18.8 Å². The van der Waals surface area contributed by atoms with Crippen molar-refractivity contribution in [2.75, 3.05) is 13.2 Å². The number of rotatable bonds is 6. The largest absolute Gasteiger partial charge is 0.508 e. The van der Waals surface area contributed by atoms with Gasteiger partial charge in [-0.2, -0.15) is 0 Å².